The highest BCUT2D eigenvalue weighted by molar-refractivity contribution is 5.94. The van der Waals surface area contributed by atoms with Crippen molar-refractivity contribution < 1.29 is 28.4 Å². The van der Waals surface area contributed by atoms with Gasteiger partial charge in [0.2, 0.25) is 12.3 Å². The molecule has 0 aliphatic rings. The van der Waals surface area contributed by atoms with Crippen LogP contribution in [0.25, 0.3) is 0 Å². The van der Waals surface area contributed by atoms with Crippen molar-refractivity contribution in [1.29, 1.82) is 0 Å². The highest BCUT2D eigenvalue weighted by Gasteiger charge is 2.20. The van der Waals surface area contributed by atoms with Gasteiger partial charge in [-0.1, -0.05) is 26.2 Å². The Balaban J connectivity index is 2.52. The van der Waals surface area contributed by atoms with Gasteiger partial charge in [0.25, 0.3) is 5.91 Å². The predicted molar refractivity (Wildman–Crippen MR) is 89.0 cm³/mol. The number of nitrogens with zero attached hydrogens (tertiary/aromatic N) is 1. The lowest BCUT2D eigenvalue weighted by Crippen LogP contribution is -2.43. The zero-order valence-electron chi connectivity index (χ0n) is 14.5. The monoisotopic (exact) mass is 371 g/mol. The molecule has 1 aromatic rings. The molecule has 9 heteroatoms. The van der Waals surface area contributed by atoms with Crippen LogP contribution in [0.2, 0.25) is 0 Å². The first-order chi connectivity index (χ1) is 12.4. The van der Waals surface area contributed by atoms with Crippen LogP contribution in [0, 0.1) is 17.6 Å². The maximum absolute atomic E-state index is 13.1. The predicted octanol–water partition coefficient (Wildman–Crippen LogP) is 1.81. The van der Waals surface area contributed by atoms with Gasteiger partial charge in [-0.05, 0) is 24.6 Å². The van der Waals surface area contributed by atoms with E-state index in [1.165, 1.54) is 0 Å². The van der Waals surface area contributed by atoms with Crippen LogP contribution in [0.15, 0.2) is 18.2 Å². The number of unbranched alkanes of at least 4 members (excludes halogenated alkanes) is 2. The number of hydrogen-bond acceptors (Lipinski definition) is 4. The Hall–Kier alpha value is -2.55. The topological polar surface area (TPSA) is 98.7 Å². The molecule has 0 saturated carbocycles. The zero-order chi connectivity index (χ0) is 19.5. The second kappa shape index (κ2) is 11.1. The molecule has 0 aliphatic carbocycles. The molecule has 144 valence electrons. The molecule has 1 rings (SSSR count). The molecule has 0 spiro atoms. The molecule has 0 bridgehead atoms. The summed E-state index contributed by atoms with van der Waals surface area (Å²) in [5.74, 6) is -3.95. The van der Waals surface area contributed by atoms with Gasteiger partial charge in [0.15, 0.2) is 11.6 Å². The number of amides is 3. The van der Waals surface area contributed by atoms with Crippen molar-refractivity contribution in [1.82, 2.24) is 15.7 Å². The first-order valence-electron chi connectivity index (χ1n) is 8.30. The molecular weight excluding hydrogens is 348 g/mol. The molecule has 26 heavy (non-hydrogen) atoms. The maximum Gasteiger partial charge on any atom is 0.252 e. The minimum absolute atomic E-state index is 0.0832. The summed E-state index contributed by atoms with van der Waals surface area (Å²) in [5.41, 5.74) is -0.0832. The molecular formula is C17H23F2N3O4. The fourth-order valence-electron chi connectivity index (χ4n) is 2.31. The highest BCUT2D eigenvalue weighted by Crippen LogP contribution is 2.11. The van der Waals surface area contributed by atoms with E-state index in [1.54, 1.807) is 0 Å². The van der Waals surface area contributed by atoms with Crippen LogP contribution < -0.4 is 10.6 Å². The fraction of sp³-hybridized carbons (Fsp3) is 0.471. The van der Waals surface area contributed by atoms with E-state index in [-0.39, 0.29) is 25.2 Å². The van der Waals surface area contributed by atoms with Gasteiger partial charge < -0.3 is 10.6 Å². The van der Waals surface area contributed by atoms with Crippen LogP contribution in [0.1, 0.15) is 43.0 Å². The summed E-state index contributed by atoms with van der Waals surface area (Å²) in [6.07, 6.45) is 3.30. The third kappa shape index (κ3) is 7.14. The molecule has 0 heterocycles. The minimum Gasteiger partial charge on any atom is -0.338 e. The molecule has 3 amide bonds. The van der Waals surface area contributed by atoms with E-state index in [0.29, 0.717) is 11.5 Å². The lowest BCUT2D eigenvalue weighted by atomic mass is 10.0. The number of nitrogens with one attached hydrogen (secondary N) is 2. The number of carbonyl (C=O) groups is 3. The summed E-state index contributed by atoms with van der Waals surface area (Å²) in [6, 6.07) is 2.71. The number of hydrogen-bond donors (Lipinski definition) is 3. The summed E-state index contributed by atoms with van der Waals surface area (Å²) >= 11 is 0. The number of benzene rings is 1. The largest absolute Gasteiger partial charge is 0.338 e. The molecule has 0 aromatic heterocycles. The Morgan fingerprint density at radius 3 is 2.58 bits per heavy atom. The summed E-state index contributed by atoms with van der Waals surface area (Å²) < 4.78 is 26.0. The van der Waals surface area contributed by atoms with Crippen molar-refractivity contribution in [3.8, 4) is 0 Å². The van der Waals surface area contributed by atoms with Gasteiger partial charge in [-0.3, -0.25) is 19.6 Å². The van der Waals surface area contributed by atoms with Gasteiger partial charge in [-0.2, -0.15) is 0 Å². The maximum atomic E-state index is 13.1. The normalized spacial score (nSPS) is 11.5. The van der Waals surface area contributed by atoms with Gasteiger partial charge in [-0.15, -0.1) is 0 Å². The molecule has 0 radical (unpaired) electrons. The second-order valence-corrected chi connectivity index (χ2v) is 5.77. The Kier molecular flexibility index (Phi) is 9.21. The van der Waals surface area contributed by atoms with Crippen LogP contribution in [0.4, 0.5) is 8.78 Å². The van der Waals surface area contributed by atoms with Crippen LogP contribution in [-0.4, -0.2) is 41.7 Å². The third-order valence-corrected chi connectivity index (χ3v) is 3.75. The van der Waals surface area contributed by atoms with E-state index in [2.05, 4.69) is 10.6 Å². The summed E-state index contributed by atoms with van der Waals surface area (Å²) in [5, 5.41) is 14.5. The van der Waals surface area contributed by atoms with Crippen molar-refractivity contribution in [2.45, 2.75) is 32.6 Å². The fourth-order valence-corrected chi connectivity index (χ4v) is 2.31. The van der Waals surface area contributed by atoms with Crippen molar-refractivity contribution in [2.24, 2.45) is 5.92 Å². The van der Waals surface area contributed by atoms with Gasteiger partial charge in [0.1, 0.15) is 0 Å². The van der Waals surface area contributed by atoms with E-state index < -0.39 is 29.4 Å². The average Bonchev–Trinajstić information content (AvgIpc) is 2.62. The molecule has 1 aromatic carbocycles. The number of halogens is 2. The molecule has 3 N–H and O–H groups in total. The van der Waals surface area contributed by atoms with Crippen molar-refractivity contribution in [3.63, 3.8) is 0 Å². The van der Waals surface area contributed by atoms with E-state index in [9.17, 15) is 28.4 Å². The molecule has 1 unspecified atom stereocenters. The first-order valence-corrected chi connectivity index (χ1v) is 8.30. The van der Waals surface area contributed by atoms with E-state index in [1.807, 2.05) is 6.92 Å². The smallest absolute Gasteiger partial charge is 0.252 e. The van der Waals surface area contributed by atoms with Crippen LogP contribution in [0.5, 0.6) is 0 Å². The molecule has 0 aliphatic heterocycles. The SMILES string of the molecule is CCCCCC(CN(O)C=O)C(=O)NCNC(=O)c1ccc(F)c(F)c1. The zero-order valence-corrected chi connectivity index (χ0v) is 14.5. The van der Waals surface area contributed by atoms with Crippen LogP contribution in [0.3, 0.4) is 0 Å². The van der Waals surface area contributed by atoms with Gasteiger partial charge in [-0.25, -0.2) is 13.8 Å². The summed E-state index contributed by atoms with van der Waals surface area (Å²) in [6.45, 7) is 1.62. The summed E-state index contributed by atoms with van der Waals surface area (Å²) in [4.78, 5) is 34.6. The lowest BCUT2D eigenvalue weighted by Gasteiger charge is -2.19. The van der Waals surface area contributed by atoms with Gasteiger partial charge >= 0.3 is 0 Å². The average molecular weight is 371 g/mol. The Morgan fingerprint density at radius 1 is 1.23 bits per heavy atom. The van der Waals surface area contributed by atoms with E-state index in [0.717, 1.165) is 37.5 Å². The minimum atomic E-state index is -1.14. The van der Waals surface area contributed by atoms with Crippen LogP contribution >= 0.6 is 0 Å². The number of hydroxylamine groups is 2. The second-order valence-electron chi connectivity index (χ2n) is 5.77. The third-order valence-electron chi connectivity index (χ3n) is 3.75. The Morgan fingerprint density at radius 2 is 1.96 bits per heavy atom. The quantitative estimate of drug-likeness (QED) is 0.182. The Bertz CT molecular complexity index is 628. The van der Waals surface area contributed by atoms with Gasteiger partial charge in [0.05, 0.1) is 19.1 Å². The van der Waals surface area contributed by atoms with Gasteiger partial charge in [0, 0.05) is 5.56 Å². The number of rotatable bonds is 11. The summed E-state index contributed by atoms with van der Waals surface area (Å²) in [7, 11) is 0. The van der Waals surface area contributed by atoms with Crippen molar-refractivity contribution in [2.75, 3.05) is 13.2 Å². The van der Waals surface area contributed by atoms with Crippen LogP contribution in [-0.2, 0) is 9.59 Å². The standard InChI is InChI=1S/C17H23F2N3O4/c1-2-3-4-5-13(9-22(26)11-23)17(25)21-10-20-16(24)12-6-7-14(18)15(19)8-12/h6-8,11,13,26H,2-5,9-10H2,1H3,(H,20,24)(H,21,25). The van der Waals surface area contributed by atoms with Crippen molar-refractivity contribution in [3.05, 3.63) is 35.4 Å². The highest BCUT2D eigenvalue weighted by atomic mass is 19.2. The Labute approximate surface area is 150 Å². The molecule has 0 saturated heterocycles. The molecule has 1 atom stereocenters. The van der Waals surface area contributed by atoms with E-state index in [4.69, 9.17) is 0 Å². The van der Waals surface area contributed by atoms with E-state index >= 15 is 0 Å². The lowest BCUT2D eigenvalue weighted by molar-refractivity contribution is -0.154. The molecule has 0 fully saturated rings. The number of carbonyl (C=O) groups excluding carboxylic acids is 3. The first kappa shape index (κ1) is 21.5. The molecule has 7 nitrogen and oxygen atoms in total. The van der Waals surface area contributed by atoms with Crippen molar-refractivity contribution >= 4 is 18.2 Å².